The average molecular weight is 403 g/mol. The van der Waals surface area contributed by atoms with Crippen molar-refractivity contribution in [1.82, 2.24) is 4.31 Å². The van der Waals surface area contributed by atoms with Crippen molar-refractivity contribution < 1.29 is 27.1 Å². The lowest BCUT2D eigenvalue weighted by Gasteiger charge is -2.34. The number of benzene rings is 2. The summed E-state index contributed by atoms with van der Waals surface area (Å²) in [6.45, 7) is 4.45. The zero-order valence-corrected chi connectivity index (χ0v) is 16.3. The number of halogens is 1. The van der Waals surface area contributed by atoms with E-state index < -0.39 is 33.6 Å². The van der Waals surface area contributed by atoms with Gasteiger partial charge in [0.05, 0.1) is 10.5 Å². The molecule has 146 valence electrons. The number of Topliss-reactive ketones (excluding diaryl/α,β-unsaturated/α-hetero) is 1. The lowest BCUT2D eigenvalue weighted by atomic mass is 10.1. The van der Waals surface area contributed by atoms with Gasteiger partial charge in [0.2, 0.25) is 0 Å². The fourth-order valence-electron chi connectivity index (χ4n) is 3.02. The molecule has 3 rings (SSSR count). The summed E-state index contributed by atoms with van der Waals surface area (Å²) in [4.78, 5) is 24.9. The molecule has 2 aromatic rings. The second-order valence-electron chi connectivity index (χ2n) is 6.52. The predicted octanol–water partition coefficient (Wildman–Crippen LogP) is 3.35. The summed E-state index contributed by atoms with van der Waals surface area (Å²) < 4.78 is 45.7. The molecule has 0 aliphatic carbocycles. The molecule has 0 N–H and O–H groups in total. The van der Waals surface area contributed by atoms with E-state index in [-0.39, 0.29) is 27.5 Å². The molecular formula is C20H18FNO5S. The fraction of sp³-hybridized carbons (Fsp3) is 0.200. The van der Waals surface area contributed by atoms with E-state index in [1.54, 1.807) is 26.0 Å². The van der Waals surface area contributed by atoms with Crippen molar-refractivity contribution in [3.8, 4) is 0 Å². The monoisotopic (exact) mass is 403 g/mol. The van der Waals surface area contributed by atoms with Gasteiger partial charge < -0.3 is 4.74 Å². The molecular weight excluding hydrogens is 385 g/mol. The van der Waals surface area contributed by atoms with Gasteiger partial charge >= 0.3 is 5.97 Å². The second-order valence-corrected chi connectivity index (χ2v) is 8.30. The third kappa shape index (κ3) is 3.31. The Labute approximate surface area is 162 Å². The Morgan fingerprint density at radius 3 is 2.21 bits per heavy atom. The molecule has 0 unspecified atom stereocenters. The van der Waals surface area contributed by atoms with E-state index in [9.17, 15) is 22.4 Å². The Bertz CT molecular complexity index is 1090. The largest absolute Gasteiger partial charge is 0.420 e. The van der Waals surface area contributed by atoms with Crippen LogP contribution in [0.15, 0.2) is 59.1 Å². The summed E-state index contributed by atoms with van der Waals surface area (Å²) in [5, 5.41) is 0. The molecule has 1 heterocycles. The van der Waals surface area contributed by atoms with Crippen LogP contribution in [0.1, 0.15) is 36.7 Å². The maximum Gasteiger partial charge on any atom is 0.343 e. The zero-order valence-electron chi connectivity index (χ0n) is 15.5. The van der Waals surface area contributed by atoms with Crippen LogP contribution in [0.25, 0.3) is 5.76 Å². The van der Waals surface area contributed by atoms with Crippen LogP contribution in [0.2, 0.25) is 0 Å². The summed E-state index contributed by atoms with van der Waals surface area (Å²) in [5.74, 6) is -2.04. The van der Waals surface area contributed by atoms with Gasteiger partial charge in [0.15, 0.2) is 11.5 Å². The molecule has 2 aromatic carbocycles. The number of ether oxygens (including phenoxy) is 1. The Kier molecular flexibility index (Phi) is 5.08. The summed E-state index contributed by atoms with van der Waals surface area (Å²) in [6, 6.07) is 10.1. The number of carbonyl (C=O) groups excluding carboxylic acids is 2. The van der Waals surface area contributed by atoms with Crippen molar-refractivity contribution in [3.63, 3.8) is 0 Å². The molecule has 0 spiro atoms. The Morgan fingerprint density at radius 1 is 1.04 bits per heavy atom. The fourth-order valence-corrected chi connectivity index (χ4v) is 4.93. The van der Waals surface area contributed by atoms with Gasteiger partial charge in [-0.1, -0.05) is 12.1 Å². The van der Waals surface area contributed by atoms with Crippen molar-refractivity contribution in [1.29, 1.82) is 0 Å². The molecule has 28 heavy (non-hydrogen) atoms. The highest BCUT2D eigenvalue weighted by molar-refractivity contribution is 7.89. The maximum atomic E-state index is 13.1. The number of carbonyl (C=O) groups is 2. The third-order valence-corrected chi connectivity index (χ3v) is 6.22. The van der Waals surface area contributed by atoms with Crippen LogP contribution in [-0.4, -0.2) is 30.5 Å². The SMILES string of the molecule is CC(=O)C1=C(OC(=O)c2ccc(F)cc2)c2ccccc2S(=O)(=O)N1C(C)C. The number of hydrogen-bond acceptors (Lipinski definition) is 5. The molecule has 1 aliphatic heterocycles. The minimum Gasteiger partial charge on any atom is -0.420 e. The molecule has 0 aromatic heterocycles. The van der Waals surface area contributed by atoms with E-state index >= 15 is 0 Å². The van der Waals surface area contributed by atoms with E-state index in [1.165, 1.54) is 31.2 Å². The molecule has 1 aliphatic rings. The minimum absolute atomic E-state index is 0.0596. The molecule has 0 saturated heterocycles. The van der Waals surface area contributed by atoms with E-state index in [1.807, 2.05) is 0 Å². The number of nitrogens with zero attached hydrogens (tertiary/aromatic N) is 1. The van der Waals surface area contributed by atoms with Gasteiger partial charge in [0.1, 0.15) is 11.5 Å². The van der Waals surface area contributed by atoms with E-state index in [0.29, 0.717) is 0 Å². The summed E-state index contributed by atoms with van der Waals surface area (Å²) >= 11 is 0. The average Bonchev–Trinajstić information content (AvgIpc) is 2.63. The highest BCUT2D eigenvalue weighted by Gasteiger charge is 2.41. The van der Waals surface area contributed by atoms with E-state index in [0.717, 1.165) is 16.4 Å². The van der Waals surface area contributed by atoms with Crippen LogP contribution in [-0.2, 0) is 19.6 Å². The lowest BCUT2D eigenvalue weighted by molar-refractivity contribution is -0.114. The van der Waals surface area contributed by atoms with Gasteiger partial charge in [-0.3, -0.25) is 9.10 Å². The molecule has 0 atom stereocenters. The molecule has 0 amide bonds. The van der Waals surface area contributed by atoms with E-state index in [4.69, 9.17) is 4.74 Å². The molecule has 0 radical (unpaired) electrons. The second kappa shape index (κ2) is 7.20. The minimum atomic E-state index is -4.00. The summed E-state index contributed by atoms with van der Waals surface area (Å²) in [7, 11) is -4.00. The smallest absolute Gasteiger partial charge is 0.343 e. The number of hydrogen-bond donors (Lipinski definition) is 0. The Morgan fingerprint density at radius 2 is 1.64 bits per heavy atom. The van der Waals surface area contributed by atoms with Gasteiger partial charge in [-0.25, -0.2) is 17.6 Å². The van der Waals surface area contributed by atoms with Crippen LogP contribution < -0.4 is 0 Å². The number of fused-ring (bicyclic) bond motifs is 1. The highest BCUT2D eigenvalue weighted by Crippen LogP contribution is 2.39. The molecule has 8 heteroatoms. The topological polar surface area (TPSA) is 80.8 Å². The van der Waals surface area contributed by atoms with Gasteiger partial charge in [-0.05, 0) is 50.2 Å². The Balaban J connectivity index is 2.21. The van der Waals surface area contributed by atoms with Crippen molar-refractivity contribution in [2.24, 2.45) is 0 Å². The molecule has 0 bridgehead atoms. The van der Waals surface area contributed by atoms with Crippen LogP contribution >= 0.6 is 0 Å². The first-order valence-electron chi connectivity index (χ1n) is 8.51. The summed E-state index contributed by atoms with van der Waals surface area (Å²) in [5.41, 5.74) is -0.0250. The predicted molar refractivity (Wildman–Crippen MR) is 100 cm³/mol. The van der Waals surface area contributed by atoms with Gasteiger partial charge in [0.25, 0.3) is 10.0 Å². The standard InChI is InChI=1S/C20H18FNO5S/c1-12(2)22-18(13(3)23)19(16-6-4-5-7-17(16)28(22,25)26)27-20(24)14-8-10-15(21)11-9-14/h4-12H,1-3H3. The van der Waals surface area contributed by atoms with Crippen LogP contribution in [0, 0.1) is 5.82 Å². The molecule has 0 saturated carbocycles. The normalized spacial score (nSPS) is 15.4. The quantitative estimate of drug-likeness (QED) is 0.732. The van der Waals surface area contributed by atoms with Crippen molar-refractivity contribution in [3.05, 3.63) is 71.2 Å². The zero-order chi connectivity index (χ0) is 20.6. The van der Waals surface area contributed by atoms with Crippen LogP contribution in [0.3, 0.4) is 0 Å². The van der Waals surface area contributed by atoms with Crippen LogP contribution in [0.4, 0.5) is 4.39 Å². The van der Waals surface area contributed by atoms with Gasteiger partial charge in [-0.15, -0.1) is 0 Å². The third-order valence-electron chi connectivity index (χ3n) is 4.18. The number of sulfonamides is 1. The number of esters is 1. The molecule has 6 nitrogen and oxygen atoms in total. The summed E-state index contributed by atoms with van der Waals surface area (Å²) in [6.07, 6.45) is 0. The van der Waals surface area contributed by atoms with Gasteiger partial charge in [0, 0.05) is 18.5 Å². The lowest BCUT2D eigenvalue weighted by Crippen LogP contribution is -2.42. The van der Waals surface area contributed by atoms with Crippen LogP contribution in [0.5, 0.6) is 0 Å². The maximum absolute atomic E-state index is 13.1. The Hall–Kier alpha value is -3.00. The number of rotatable bonds is 4. The first kappa shape index (κ1) is 19.8. The number of ketones is 1. The van der Waals surface area contributed by atoms with Crippen molar-refractivity contribution >= 4 is 27.5 Å². The van der Waals surface area contributed by atoms with Gasteiger partial charge in [-0.2, -0.15) is 0 Å². The van der Waals surface area contributed by atoms with E-state index in [2.05, 4.69) is 0 Å². The first-order chi connectivity index (χ1) is 13.1. The molecule has 0 fully saturated rings. The highest BCUT2D eigenvalue weighted by atomic mass is 32.2. The number of allylic oxidation sites excluding steroid dienone is 1. The van der Waals surface area contributed by atoms with Crippen molar-refractivity contribution in [2.45, 2.75) is 31.7 Å². The first-order valence-corrected chi connectivity index (χ1v) is 9.95. The van der Waals surface area contributed by atoms with Crippen molar-refractivity contribution in [2.75, 3.05) is 0 Å².